The van der Waals surface area contributed by atoms with Crippen LogP contribution in [0.15, 0.2) is 6.33 Å². The maximum Gasteiger partial charge on any atom is 0.236 e. The molecule has 1 aromatic rings. The molecule has 0 atom stereocenters. The van der Waals surface area contributed by atoms with Crippen molar-refractivity contribution in [1.29, 1.82) is 0 Å². The fourth-order valence-electron chi connectivity index (χ4n) is 0.755. The number of alkyl halides is 1. The van der Waals surface area contributed by atoms with E-state index in [0.29, 0.717) is 0 Å². The molecule has 0 aliphatic carbocycles. The fraction of sp³-hybridized carbons (Fsp3) is 0.571. The molecular weight excluding hydrogens is 161 g/mol. The average Bonchev–Trinajstić information content (AvgIpc) is 2.31. The SMILES string of the molecule is Cn1cnnc1C(=O)C(C)(C)F. The number of carbonyl (C=O) groups is 1. The van der Waals surface area contributed by atoms with E-state index in [9.17, 15) is 9.18 Å². The van der Waals surface area contributed by atoms with Crippen LogP contribution in [0.3, 0.4) is 0 Å². The van der Waals surface area contributed by atoms with E-state index >= 15 is 0 Å². The summed E-state index contributed by atoms with van der Waals surface area (Å²) in [5.41, 5.74) is -1.89. The van der Waals surface area contributed by atoms with Gasteiger partial charge in [0, 0.05) is 7.05 Å². The Labute approximate surface area is 69.4 Å². The van der Waals surface area contributed by atoms with E-state index in [0.717, 1.165) is 0 Å². The minimum Gasteiger partial charge on any atom is -0.314 e. The Morgan fingerprint density at radius 1 is 1.67 bits per heavy atom. The van der Waals surface area contributed by atoms with Crippen LogP contribution in [0.2, 0.25) is 0 Å². The van der Waals surface area contributed by atoms with Crippen LogP contribution in [-0.2, 0) is 7.05 Å². The van der Waals surface area contributed by atoms with E-state index in [2.05, 4.69) is 10.2 Å². The van der Waals surface area contributed by atoms with Crippen molar-refractivity contribution < 1.29 is 9.18 Å². The van der Waals surface area contributed by atoms with E-state index in [-0.39, 0.29) is 5.82 Å². The van der Waals surface area contributed by atoms with E-state index in [1.807, 2.05) is 0 Å². The van der Waals surface area contributed by atoms with Gasteiger partial charge < -0.3 is 4.57 Å². The third-order valence-corrected chi connectivity index (χ3v) is 1.45. The molecular formula is C7H10FN3O. The first-order valence-electron chi connectivity index (χ1n) is 3.50. The second kappa shape index (κ2) is 2.66. The van der Waals surface area contributed by atoms with Gasteiger partial charge >= 0.3 is 0 Å². The molecule has 0 saturated carbocycles. The first-order valence-corrected chi connectivity index (χ1v) is 3.50. The zero-order valence-corrected chi connectivity index (χ0v) is 7.21. The second-order valence-electron chi connectivity index (χ2n) is 3.07. The Kier molecular flexibility index (Phi) is 1.95. The molecule has 0 fully saturated rings. The molecule has 5 heteroatoms. The summed E-state index contributed by atoms with van der Waals surface area (Å²) < 4.78 is 14.5. The van der Waals surface area contributed by atoms with Crippen LogP contribution in [0.4, 0.5) is 4.39 Å². The molecule has 0 aromatic carbocycles. The van der Waals surface area contributed by atoms with E-state index < -0.39 is 11.5 Å². The fourth-order valence-corrected chi connectivity index (χ4v) is 0.755. The number of hydrogen-bond acceptors (Lipinski definition) is 3. The number of carbonyl (C=O) groups excluding carboxylic acids is 1. The van der Waals surface area contributed by atoms with E-state index in [1.165, 1.54) is 24.7 Å². The number of hydrogen-bond donors (Lipinski definition) is 0. The van der Waals surface area contributed by atoms with Gasteiger partial charge in [0.25, 0.3) is 0 Å². The average molecular weight is 171 g/mol. The Morgan fingerprint density at radius 3 is 2.58 bits per heavy atom. The van der Waals surface area contributed by atoms with Crippen molar-refractivity contribution in [1.82, 2.24) is 14.8 Å². The maximum atomic E-state index is 13.1. The van der Waals surface area contributed by atoms with Crippen molar-refractivity contribution in [3.8, 4) is 0 Å². The lowest BCUT2D eigenvalue weighted by molar-refractivity contribution is 0.0744. The number of aryl methyl sites for hydroxylation is 1. The van der Waals surface area contributed by atoms with Gasteiger partial charge in [-0.05, 0) is 13.8 Å². The lowest BCUT2D eigenvalue weighted by atomic mass is 10.1. The van der Waals surface area contributed by atoms with E-state index in [1.54, 1.807) is 7.05 Å². The molecule has 0 radical (unpaired) electrons. The minimum atomic E-state index is -1.89. The van der Waals surface area contributed by atoms with Crippen LogP contribution in [-0.4, -0.2) is 26.2 Å². The van der Waals surface area contributed by atoms with Crippen molar-refractivity contribution in [2.24, 2.45) is 7.05 Å². The summed E-state index contributed by atoms with van der Waals surface area (Å²) in [6, 6.07) is 0. The Morgan fingerprint density at radius 2 is 2.25 bits per heavy atom. The number of aromatic nitrogens is 3. The van der Waals surface area contributed by atoms with Gasteiger partial charge in [-0.15, -0.1) is 10.2 Å². The summed E-state index contributed by atoms with van der Waals surface area (Å²) in [6.07, 6.45) is 1.36. The molecule has 0 bridgehead atoms. The van der Waals surface area contributed by atoms with Crippen LogP contribution in [0, 0.1) is 0 Å². The number of halogens is 1. The monoisotopic (exact) mass is 171 g/mol. The first-order chi connectivity index (χ1) is 5.43. The lowest BCUT2D eigenvalue weighted by Gasteiger charge is -2.10. The first kappa shape index (κ1) is 8.83. The lowest BCUT2D eigenvalue weighted by Crippen LogP contribution is -2.28. The Balaban J connectivity index is 3.01. The molecule has 0 aliphatic rings. The third kappa shape index (κ3) is 1.49. The third-order valence-electron chi connectivity index (χ3n) is 1.45. The molecule has 0 amide bonds. The van der Waals surface area contributed by atoms with Crippen molar-refractivity contribution in [2.45, 2.75) is 19.5 Å². The van der Waals surface area contributed by atoms with Crippen LogP contribution in [0.25, 0.3) is 0 Å². The van der Waals surface area contributed by atoms with Crippen LogP contribution >= 0.6 is 0 Å². The predicted molar refractivity (Wildman–Crippen MR) is 40.5 cm³/mol. The zero-order chi connectivity index (χ0) is 9.35. The highest BCUT2D eigenvalue weighted by molar-refractivity contribution is 5.98. The summed E-state index contributed by atoms with van der Waals surface area (Å²) >= 11 is 0. The molecule has 0 aliphatic heterocycles. The standard InChI is InChI=1S/C7H10FN3O/c1-7(2,8)5(12)6-10-9-4-11(6)3/h4H,1-3H3. The molecule has 1 heterocycles. The highest BCUT2D eigenvalue weighted by atomic mass is 19.1. The highest BCUT2D eigenvalue weighted by Crippen LogP contribution is 2.14. The number of nitrogens with zero attached hydrogens (tertiary/aromatic N) is 3. The summed E-state index contributed by atoms with van der Waals surface area (Å²) in [7, 11) is 1.60. The topological polar surface area (TPSA) is 47.8 Å². The van der Waals surface area contributed by atoms with Gasteiger partial charge in [-0.25, -0.2) is 4.39 Å². The molecule has 66 valence electrons. The minimum absolute atomic E-state index is 0.0440. The normalized spacial score (nSPS) is 11.7. The molecule has 0 N–H and O–H groups in total. The molecule has 0 spiro atoms. The maximum absolute atomic E-state index is 13.1. The molecule has 0 unspecified atom stereocenters. The van der Waals surface area contributed by atoms with Gasteiger partial charge in [-0.3, -0.25) is 4.79 Å². The second-order valence-corrected chi connectivity index (χ2v) is 3.07. The highest BCUT2D eigenvalue weighted by Gasteiger charge is 2.31. The molecule has 12 heavy (non-hydrogen) atoms. The van der Waals surface area contributed by atoms with Crippen molar-refractivity contribution in [3.05, 3.63) is 12.2 Å². The van der Waals surface area contributed by atoms with Crippen LogP contribution < -0.4 is 0 Å². The summed E-state index contributed by atoms with van der Waals surface area (Å²) in [6.45, 7) is 2.40. The molecule has 1 aromatic heterocycles. The van der Waals surface area contributed by atoms with Gasteiger partial charge in [-0.2, -0.15) is 0 Å². The van der Waals surface area contributed by atoms with E-state index in [4.69, 9.17) is 0 Å². The summed E-state index contributed by atoms with van der Waals surface area (Å²) in [5, 5.41) is 6.99. The Hall–Kier alpha value is -1.26. The van der Waals surface area contributed by atoms with Gasteiger partial charge in [0.15, 0.2) is 5.67 Å². The van der Waals surface area contributed by atoms with Gasteiger partial charge in [0.1, 0.15) is 6.33 Å². The largest absolute Gasteiger partial charge is 0.314 e. The number of Topliss-reactive ketones (excluding diaryl/α,β-unsaturated/α-hetero) is 1. The van der Waals surface area contributed by atoms with Crippen LogP contribution in [0.5, 0.6) is 0 Å². The van der Waals surface area contributed by atoms with Gasteiger partial charge in [0.2, 0.25) is 11.6 Å². The van der Waals surface area contributed by atoms with Crippen molar-refractivity contribution in [2.75, 3.05) is 0 Å². The Bertz CT molecular complexity index is 300. The number of rotatable bonds is 2. The zero-order valence-electron chi connectivity index (χ0n) is 7.21. The quantitative estimate of drug-likeness (QED) is 0.617. The van der Waals surface area contributed by atoms with Crippen LogP contribution in [0.1, 0.15) is 24.5 Å². The van der Waals surface area contributed by atoms with Crippen molar-refractivity contribution >= 4 is 5.78 Å². The summed E-state index contributed by atoms with van der Waals surface area (Å²) in [5.74, 6) is -0.606. The van der Waals surface area contributed by atoms with Crippen molar-refractivity contribution in [3.63, 3.8) is 0 Å². The smallest absolute Gasteiger partial charge is 0.236 e. The number of ketones is 1. The molecule has 0 saturated heterocycles. The van der Waals surface area contributed by atoms with Gasteiger partial charge in [-0.1, -0.05) is 0 Å². The predicted octanol–water partition coefficient (Wildman–Crippen LogP) is 0.746. The van der Waals surface area contributed by atoms with Gasteiger partial charge in [0.05, 0.1) is 0 Å². The molecule has 1 rings (SSSR count). The molecule has 4 nitrogen and oxygen atoms in total. The summed E-state index contributed by atoms with van der Waals surface area (Å²) in [4.78, 5) is 11.2.